The van der Waals surface area contributed by atoms with Gasteiger partial charge in [0.05, 0.1) is 50.6 Å². The molecule has 0 radical (unpaired) electrons. The number of hydrogen-bond donors (Lipinski definition) is 8. The van der Waals surface area contributed by atoms with Gasteiger partial charge in [-0.1, -0.05) is 13.0 Å². The summed E-state index contributed by atoms with van der Waals surface area (Å²) < 4.78 is 50.5. The van der Waals surface area contributed by atoms with Crippen LogP contribution in [0.15, 0.2) is 36.3 Å². The highest BCUT2D eigenvalue weighted by Crippen LogP contribution is 2.49. The maximum atomic E-state index is 14.0. The van der Waals surface area contributed by atoms with Gasteiger partial charge in [-0.3, -0.25) is 4.79 Å². The van der Waals surface area contributed by atoms with E-state index in [2.05, 4.69) is 6.58 Å². The number of esters is 3. The third-order valence-corrected chi connectivity index (χ3v) is 10.8. The number of hydrogen-bond acceptors (Lipinski definition) is 20. The molecule has 20 heteroatoms. The molecule has 0 aromatic rings. The van der Waals surface area contributed by atoms with Gasteiger partial charge in [-0.2, -0.15) is 0 Å². The predicted octanol–water partition coefficient (Wildman–Crippen LogP) is -3.17. The minimum absolute atomic E-state index is 0.0121. The van der Waals surface area contributed by atoms with E-state index in [-0.39, 0.29) is 30.6 Å². The standard InChI is InChI=1S/C35H50O20/c1-5-15-16(6-7-48-14(3)38)18(11-49-32(15)54-34-28(43)26(41)24(39)21(9-36)52-34)31(46)51-20-8-17-19(30(45)47-4)12-50-33(23(17)13(20)2)55-35-29(44)27(42)25(40)22(10-37)53-35/h5,11-13,15-17,20-29,32-37,39-44H,1,6-10H2,2-4H3/t13-,15-,16-,17+,20-,21-,22+,23-,24+,25+,26+,27+,28-,29-,32-,33-,34-,35-/m0/s1. The molecule has 5 rings (SSSR count). The molecule has 4 aliphatic heterocycles. The first-order valence-electron chi connectivity index (χ1n) is 17.8. The lowest BCUT2D eigenvalue weighted by Gasteiger charge is -2.43. The van der Waals surface area contributed by atoms with Gasteiger partial charge in [0.25, 0.3) is 0 Å². The second kappa shape index (κ2) is 18.3. The number of carbonyl (C=O) groups is 3. The SMILES string of the molecule is C=C[C@@H]1[C@H](O[C@@H]2O[C@@H](CO)[C@@H](O)[C@@H](O)[C@@H]2O)OC=C(C(=O)O[C@H]2C[C@@H]3C(C(=O)OC)=CO[C@@H](O[C@@H]4O[C@H](CO)[C@@H](O)[C@@H](O)[C@@H]4O)[C@H]3[C@H]2C)[C@H]1CCOC(C)=O. The van der Waals surface area contributed by atoms with E-state index in [1.165, 1.54) is 20.1 Å². The van der Waals surface area contributed by atoms with Crippen LogP contribution in [-0.4, -0.2) is 166 Å². The van der Waals surface area contributed by atoms with Crippen molar-refractivity contribution in [3.8, 4) is 0 Å². The molecule has 1 aliphatic carbocycles. The number of methoxy groups -OCH3 is 1. The minimum atomic E-state index is -1.75. The molecule has 18 atom stereocenters. The van der Waals surface area contributed by atoms with Crippen LogP contribution in [0.3, 0.4) is 0 Å². The van der Waals surface area contributed by atoms with Crippen molar-refractivity contribution < 1.29 is 97.9 Å². The van der Waals surface area contributed by atoms with E-state index in [0.717, 1.165) is 12.5 Å². The van der Waals surface area contributed by atoms with Gasteiger partial charge in [-0.25, -0.2) is 9.59 Å². The zero-order chi connectivity index (χ0) is 40.3. The summed E-state index contributed by atoms with van der Waals surface area (Å²) in [6.07, 6.45) is -15.6. The highest BCUT2D eigenvalue weighted by Gasteiger charge is 2.55. The van der Waals surface area contributed by atoms with Crippen molar-refractivity contribution in [3.05, 3.63) is 36.3 Å². The molecule has 0 bridgehead atoms. The van der Waals surface area contributed by atoms with Crippen LogP contribution in [0.4, 0.5) is 0 Å². The summed E-state index contributed by atoms with van der Waals surface area (Å²) in [6, 6.07) is 0. The van der Waals surface area contributed by atoms with Gasteiger partial charge in [0.2, 0.25) is 12.6 Å². The van der Waals surface area contributed by atoms with Crippen molar-refractivity contribution in [2.45, 2.75) is 107 Å². The molecular formula is C35H50O20. The molecule has 20 nitrogen and oxygen atoms in total. The molecule has 1 saturated carbocycles. The average molecular weight is 791 g/mol. The summed E-state index contributed by atoms with van der Waals surface area (Å²) in [4.78, 5) is 38.5. The van der Waals surface area contributed by atoms with E-state index in [0.29, 0.717) is 0 Å². The van der Waals surface area contributed by atoms with Crippen molar-refractivity contribution in [2.24, 2.45) is 29.6 Å². The zero-order valence-electron chi connectivity index (χ0n) is 30.3. The van der Waals surface area contributed by atoms with E-state index in [4.69, 9.17) is 42.6 Å². The summed E-state index contributed by atoms with van der Waals surface area (Å²) in [5.74, 6) is -5.84. The van der Waals surface area contributed by atoms with Gasteiger partial charge in [-0.05, 0) is 12.8 Å². The fraction of sp³-hybridized carbons (Fsp3) is 0.743. The molecule has 0 amide bonds. The van der Waals surface area contributed by atoms with Crippen LogP contribution < -0.4 is 0 Å². The lowest BCUT2D eigenvalue weighted by molar-refractivity contribution is -0.342. The van der Waals surface area contributed by atoms with Crippen LogP contribution in [0, 0.1) is 29.6 Å². The van der Waals surface area contributed by atoms with Crippen molar-refractivity contribution in [3.63, 3.8) is 0 Å². The van der Waals surface area contributed by atoms with Crippen molar-refractivity contribution in [1.29, 1.82) is 0 Å². The Labute approximate surface area is 315 Å². The lowest BCUT2D eigenvalue weighted by Crippen LogP contribution is -2.60. The van der Waals surface area contributed by atoms with Crippen LogP contribution in [0.2, 0.25) is 0 Å². The largest absolute Gasteiger partial charge is 0.472 e. The molecule has 0 spiro atoms. The second-order valence-corrected chi connectivity index (χ2v) is 14.1. The van der Waals surface area contributed by atoms with E-state index < -0.39 is 141 Å². The summed E-state index contributed by atoms with van der Waals surface area (Å²) in [6.45, 7) is 5.23. The summed E-state index contributed by atoms with van der Waals surface area (Å²) in [5, 5.41) is 81.3. The number of fused-ring (bicyclic) bond motifs is 1. The molecule has 3 fully saturated rings. The smallest absolute Gasteiger partial charge is 0.337 e. The maximum Gasteiger partial charge on any atom is 0.337 e. The first-order chi connectivity index (χ1) is 26.2. The van der Waals surface area contributed by atoms with E-state index >= 15 is 0 Å². The number of aliphatic hydroxyl groups excluding tert-OH is 8. The Balaban J connectivity index is 1.36. The molecule has 4 heterocycles. The molecule has 55 heavy (non-hydrogen) atoms. The van der Waals surface area contributed by atoms with E-state index in [9.17, 15) is 55.2 Å². The lowest BCUT2D eigenvalue weighted by atomic mass is 9.81. The quantitative estimate of drug-likeness (QED) is 0.0518. The third kappa shape index (κ3) is 8.85. The molecule has 8 N–H and O–H groups in total. The van der Waals surface area contributed by atoms with Gasteiger partial charge in [0, 0.05) is 36.5 Å². The Bertz CT molecular complexity index is 1430. The molecule has 0 aromatic heterocycles. The molecule has 0 aromatic carbocycles. The van der Waals surface area contributed by atoms with Gasteiger partial charge in [0.1, 0.15) is 54.9 Å². The summed E-state index contributed by atoms with van der Waals surface area (Å²) in [7, 11) is 1.18. The fourth-order valence-electron chi connectivity index (χ4n) is 7.74. The number of carbonyl (C=O) groups excluding carboxylic acids is 3. The third-order valence-electron chi connectivity index (χ3n) is 10.8. The Hall–Kier alpha value is -3.25. The fourth-order valence-corrected chi connectivity index (χ4v) is 7.74. The first kappa shape index (κ1) is 42.9. The van der Waals surface area contributed by atoms with Gasteiger partial charge in [-0.15, -0.1) is 6.58 Å². The van der Waals surface area contributed by atoms with Crippen LogP contribution in [0.25, 0.3) is 0 Å². The number of ether oxygens (including phenoxy) is 9. The number of rotatable bonds is 13. The second-order valence-electron chi connectivity index (χ2n) is 14.1. The topological polar surface area (TPSA) is 296 Å². The summed E-state index contributed by atoms with van der Waals surface area (Å²) in [5.41, 5.74) is 0.104. The normalized spacial score (nSPS) is 42.7. The molecule has 310 valence electrons. The molecular weight excluding hydrogens is 740 g/mol. The van der Waals surface area contributed by atoms with Gasteiger partial charge >= 0.3 is 17.9 Å². The van der Waals surface area contributed by atoms with Crippen LogP contribution in [-0.2, 0) is 57.0 Å². The van der Waals surface area contributed by atoms with Gasteiger partial charge < -0.3 is 83.5 Å². The summed E-state index contributed by atoms with van der Waals surface area (Å²) >= 11 is 0. The average Bonchev–Trinajstić information content (AvgIpc) is 3.49. The molecule has 2 saturated heterocycles. The highest BCUT2D eigenvalue weighted by atomic mass is 16.8. The number of aliphatic hydroxyl groups is 8. The zero-order valence-corrected chi connectivity index (χ0v) is 30.3. The maximum absolute atomic E-state index is 14.0. The molecule has 5 aliphatic rings. The molecule has 0 unspecified atom stereocenters. The van der Waals surface area contributed by atoms with Crippen LogP contribution in [0.5, 0.6) is 0 Å². The van der Waals surface area contributed by atoms with Crippen molar-refractivity contribution in [2.75, 3.05) is 26.9 Å². The predicted molar refractivity (Wildman–Crippen MR) is 177 cm³/mol. The van der Waals surface area contributed by atoms with Crippen LogP contribution >= 0.6 is 0 Å². The Morgan fingerprint density at radius 3 is 1.87 bits per heavy atom. The minimum Gasteiger partial charge on any atom is -0.472 e. The Morgan fingerprint density at radius 2 is 1.35 bits per heavy atom. The first-order valence-corrected chi connectivity index (χ1v) is 17.8. The van der Waals surface area contributed by atoms with Gasteiger partial charge in [0.15, 0.2) is 12.6 Å². The Morgan fingerprint density at radius 1 is 0.800 bits per heavy atom. The van der Waals surface area contributed by atoms with Crippen molar-refractivity contribution in [1.82, 2.24) is 0 Å². The Kier molecular flexibility index (Phi) is 14.3. The van der Waals surface area contributed by atoms with Crippen molar-refractivity contribution >= 4 is 17.9 Å². The highest BCUT2D eigenvalue weighted by molar-refractivity contribution is 5.90. The monoisotopic (exact) mass is 790 g/mol. The van der Waals surface area contributed by atoms with E-state index in [1.54, 1.807) is 6.92 Å². The van der Waals surface area contributed by atoms with Crippen LogP contribution in [0.1, 0.15) is 26.7 Å². The van der Waals surface area contributed by atoms with E-state index in [1.807, 2.05) is 0 Å².